The summed E-state index contributed by atoms with van der Waals surface area (Å²) in [6.45, 7) is 3.87. The number of amides is 1. The second-order valence-corrected chi connectivity index (χ2v) is 5.50. The minimum absolute atomic E-state index is 0.0535. The summed E-state index contributed by atoms with van der Waals surface area (Å²) in [6, 6.07) is 7.27. The lowest BCUT2D eigenvalue weighted by Gasteiger charge is -2.33. The van der Waals surface area contributed by atoms with Crippen LogP contribution in [0.5, 0.6) is 0 Å². The first-order chi connectivity index (χ1) is 9.09. The van der Waals surface area contributed by atoms with Crippen molar-refractivity contribution in [1.82, 2.24) is 10.2 Å². The fraction of sp³-hybridized carbons (Fsp3) is 0.214. The van der Waals surface area contributed by atoms with E-state index in [1.165, 1.54) is 0 Å². The van der Waals surface area contributed by atoms with Gasteiger partial charge in [-0.05, 0) is 18.9 Å². The van der Waals surface area contributed by atoms with Crippen LogP contribution < -0.4 is 5.32 Å². The minimum Gasteiger partial charge on any atom is -0.352 e. The van der Waals surface area contributed by atoms with Crippen molar-refractivity contribution in [3.63, 3.8) is 0 Å². The maximum absolute atomic E-state index is 12.5. The lowest BCUT2D eigenvalue weighted by molar-refractivity contribution is 0.0840. The van der Waals surface area contributed by atoms with Crippen molar-refractivity contribution < 1.29 is 4.79 Å². The Morgan fingerprint density at radius 3 is 2.58 bits per heavy atom. The van der Waals surface area contributed by atoms with E-state index in [1.54, 1.807) is 4.90 Å². The highest BCUT2D eigenvalue weighted by atomic mass is 32.1. The van der Waals surface area contributed by atoms with Crippen LogP contribution in [0.4, 0.5) is 0 Å². The number of allylic oxidation sites excluding steroid dienone is 1. The van der Waals surface area contributed by atoms with Gasteiger partial charge in [-0.25, -0.2) is 0 Å². The molecule has 2 aliphatic rings. The molecular formula is C14H12N2OS2. The molecule has 1 fully saturated rings. The summed E-state index contributed by atoms with van der Waals surface area (Å²) in [5.74, 6) is -0.0535. The molecule has 0 spiro atoms. The van der Waals surface area contributed by atoms with Crippen LogP contribution in [-0.2, 0) is 0 Å². The molecule has 19 heavy (non-hydrogen) atoms. The summed E-state index contributed by atoms with van der Waals surface area (Å²) in [7, 11) is 0. The number of carbonyl (C=O) groups is 1. The van der Waals surface area contributed by atoms with Gasteiger partial charge in [0.25, 0.3) is 5.91 Å². The highest BCUT2D eigenvalue weighted by Gasteiger charge is 2.39. The average Bonchev–Trinajstić information content (AvgIpc) is 2.64. The summed E-state index contributed by atoms with van der Waals surface area (Å²) in [5.41, 5.74) is 2.39. The normalized spacial score (nSPS) is 22.5. The van der Waals surface area contributed by atoms with Crippen LogP contribution in [0.15, 0.2) is 36.5 Å². The van der Waals surface area contributed by atoms with Crippen LogP contribution in [0.25, 0.3) is 0 Å². The van der Waals surface area contributed by atoms with Gasteiger partial charge in [-0.1, -0.05) is 49.2 Å². The minimum atomic E-state index is -0.159. The van der Waals surface area contributed by atoms with Crippen LogP contribution in [-0.4, -0.2) is 26.8 Å². The van der Waals surface area contributed by atoms with Gasteiger partial charge in [0.15, 0.2) is 0 Å². The Bertz CT molecular complexity index is 589. The van der Waals surface area contributed by atoms with Gasteiger partial charge in [0, 0.05) is 11.3 Å². The van der Waals surface area contributed by atoms with E-state index in [9.17, 15) is 4.79 Å². The zero-order valence-corrected chi connectivity index (χ0v) is 11.8. The largest absolute Gasteiger partial charge is 0.352 e. The van der Waals surface area contributed by atoms with Gasteiger partial charge in [-0.3, -0.25) is 9.69 Å². The maximum atomic E-state index is 12.5. The first-order valence-corrected chi connectivity index (χ1v) is 6.87. The summed E-state index contributed by atoms with van der Waals surface area (Å²) in [5, 5.41) is 3.06. The number of fused-ring (bicyclic) bond motifs is 1. The molecule has 2 heterocycles. The first kappa shape index (κ1) is 12.4. The molecule has 1 atom stereocenters. The Morgan fingerprint density at radius 1 is 1.26 bits per heavy atom. The van der Waals surface area contributed by atoms with Crippen molar-refractivity contribution in [2.24, 2.45) is 0 Å². The zero-order chi connectivity index (χ0) is 13.6. The number of nitrogens with one attached hydrogen (secondary N) is 1. The second kappa shape index (κ2) is 4.51. The second-order valence-electron chi connectivity index (χ2n) is 4.67. The van der Waals surface area contributed by atoms with Crippen LogP contribution in [0, 0.1) is 0 Å². The Hall–Kier alpha value is -1.59. The van der Waals surface area contributed by atoms with Gasteiger partial charge in [-0.15, -0.1) is 0 Å². The molecule has 0 aliphatic carbocycles. The van der Waals surface area contributed by atoms with Crippen molar-refractivity contribution in [1.29, 1.82) is 0 Å². The number of piperidine rings is 1. The third kappa shape index (κ3) is 1.89. The molecule has 1 unspecified atom stereocenters. The smallest absolute Gasteiger partial charge is 0.260 e. The average molecular weight is 288 g/mol. The fourth-order valence-electron chi connectivity index (χ4n) is 2.50. The number of benzene rings is 1. The van der Waals surface area contributed by atoms with Crippen molar-refractivity contribution in [3.8, 4) is 0 Å². The van der Waals surface area contributed by atoms with Crippen LogP contribution in [0.1, 0.15) is 28.8 Å². The van der Waals surface area contributed by atoms with E-state index in [1.807, 2.05) is 24.3 Å². The van der Waals surface area contributed by atoms with E-state index in [4.69, 9.17) is 24.4 Å². The zero-order valence-electron chi connectivity index (χ0n) is 10.2. The predicted molar refractivity (Wildman–Crippen MR) is 82.2 cm³/mol. The number of hydrogen-bond acceptors (Lipinski definition) is 3. The molecule has 96 valence electrons. The van der Waals surface area contributed by atoms with E-state index in [0.29, 0.717) is 15.5 Å². The van der Waals surface area contributed by atoms with Gasteiger partial charge in [0.05, 0.1) is 11.6 Å². The SMILES string of the molecule is C=C1CCC(N2C(=O)c3ccccc3C2=S)C(=S)N1. The molecule has 3 nitrogen and oxygen atoms in total. The van der Waals surface area contributed by atoms with Gasteiger partial charge < -0.3 is 5.32 Å². The van der Waals surface area contributed by atoms with Crippen LogP contribution in [0.3, 0.4) is 0 Å². The molecule has 0 radical (unpaired) electrons. The Kier molecular flexibility index (Phi) is 2.95. The molecule has 0 bridgehead atoms. The molecule has 1 saturated heterocycles. The highest BCUT2D eigenvalue weighted by Crippen LogP contribution is 2.29. The molecule has 0 aromatic heterocycles. The Morgan fingerprint density at radius 2 is 1.95 bits per heavy atom. The van der Waals surface area contributed by atoms with Crippen LogP contribution in [0.2, 0.25) is 0 Å². The molecule has 5 heteroatoms. The van der Waals surface area contributed by atoms with Crippen molar-refractivity contribution >= 4 is 40.3 Å². The molecule has 1 N–H and O–H groups in total. The number of thiocarbonyl (C=S) groups is 2. The van der Waals surface area contributed by atoms with Gasteiger partial charge >= 0.3 is 0 Å². The Labute approximate surface area is 122 Å². The topological polar surface area (TPSA) is 32.3 Å². The van der Waals surface area contributed by atoms with Crippen molar-refractivity contribution in [2.75, 3.05) is 0 Å². The predicted octanol–water partition coefficient (Wildman–Crippen LogP) is 2.41. The summed E-state index contributed by atoms with van der Waals surface area (Å²) < 4.78 is 0. The molecule has 1 aromatic rings. The summed E-state index contributed by atoms with van der Waals surface area (Å²) in [6.07, 6.45) is 1.57. The van der Waals surface area contributed by atoms with E-state index in [2.05, 4.69) is 11.9 Å². The lowest BCUT2D eigenvalue weighted by Crippen LogP contribution is -2.50. The monoisotopic (exact) mass is 288 g/mol. The number of hydrogen-bond donors (Lipinski definition) is 1. The number of rotatable bonds is 1. The molecular weight excluding hydrogens is 276 g/mol. The number of carbonyl (C=O) groups excluding carboxylic acids is 1. The van der Waals surface area contributed by atoms with E-state index >= 15 is 0 Å². The molecule has 0 saturated carbocycles. The standard InChI is InChI=1S/C14H12N2OS2/c1-8-6-7-11(12(18)15-8)16-13(17)9-4-2-3-5-10(9)14(16)19/h2-5,11H,1,6-7H2,(H,15,18). The van der Waals surface area contributed by atoms with Gasteiger partial charge in [-0.2, -0.15) is 0 Å². The Balaban J connectivity index is 1.96. The highest BCUT2D eigenvalue weighted by molar-refractivity contribution is 7.81. The molecule has 3 rings (SSSR count). The molecule has 1 amide bonds. The van der Waals surface area contributed by atoms with E-state index in [-0.39, 0.29) is 11.9 Å². The maximum Gasteiger partial charge on any atom is 0.260 e. The third-order valence-corrected chi connectivity index (χ3v) is 4.25. The van der Waals surface area contributed by atoms with Gasteiger partial charge in [0.2, 0.25) is 0 Å². The fourth-order valence-corrected chi connectivity index (χ4v) is 3.26. The third-order valence-electron chi connectivity index (χ3n) is 3.46. The molecule has 1 aromatic carbocycles. The van der Waals surface area contributed by atoms with E-state index in [0.717, 1.165) is 24.1 Å². The summed E-state index contributed by atoms with van der Waals surface area (Å²) >= 11 is 10.8. The summed E-state index contributed by atoms with van der Waals surface area (Å²) in [4.78, 5) is 15.3. The lowest BCUT2D eigenvalue weighted by atomic mass is 10.0. The quantitative estimate of drug-likeness (QED) is 0.804. The first-order valence-electron chi connectivity index (χ1n) is 6.05. The van der Waals surface area contributed by atoms with Crippen LogP contribution >= 0.6 is 24.4 Å². The van der Waals surface area contributed by atoms with E-state index < -0.39 is 0 Å². The van der Waals surface area contributed by atoms with Crippen molar-refractivity contribution in [3.05, 3.63) is 47.7 Å². The number of nitrogens with zero attached hydrogens (tertiary/aromatic N) is 1. The molecule has 2 aliphatic heterocycles. The van der Waals surface area contributed by atoms with Gasteiger partial charge in [0.1, 0.15) is 9.98 Å². The van der Waals surface area contributed by atoms with Crippen molar-refractivity contribution in [2.45, 2.75) is 18.9 Å².